The van der Waals surface area contributed by atoms with Gasteiger partial charge in [0.25, 0.3) is 11.8 Å². The van der Waals surface area contributed by atoms with Gasteiger partial charge in [-0.25, -0.2) is 4.79 Å². The summed E-state index contributed by atoms with van der Waals surface area (Å²) in [5.74, 6) is -3.62. The van der Waals surface area contributed by atoms with Gasteiger partial charge < -0.3 is 10.4 Å². The van der Waals surface area contributed by atoms with Crippen LogP contribution in [0.4, 0.5) is 10.5 Å². The van der Waals surface area contributed by atoms with Crippen molar-refractivity contribution in [2.24, 2.45) is 5.92 Å². The molecule has 1 aromatic heterocycles. The van der Waals surface area contributed by atoms with E-state index in [-0.39, 0.29) is 0 Å². The molecule has 25 heavy (non-hydrogen) atoms. The first kappa shape index (κ1) is 16.3. The van der Waals surface area contributed by atoms with Crippen LogP contribution in [0.25, 0.3) is 11.3 Å². The van der Waals surface area contributed by atoms with Gasteiger partial charge in [0.1, 0.15) is 5.69 Å². The first-order valence-corrected chi connectivity index (χ1v) is 7.28. The van der Waals surface area contributed by atoms with Crippen molar-refractivity contribution in [3.8, 4) is 11.3 Å². The summed E-state index contributed by atoms with van der Waals surface area (Å²) in [6.07, 6.45) is 1.56. The molecule has 1 aliphatic heterocycles. The number of carbonyl (C=O) groups is 3. The lowest BCUT2D eigenvalue weighted by molar-refractivity contribution is -0.416. The van der Waals surface area contributed by atoms with Gasteiger partial charge in [-0.3, -0.25) is 4.79 Å². The Labute approximate surface area is 141 Å². The lowest BCUT2D eigenvalue weighted by Gasteiger charge is -2.21. The van der Waals surface area contributed by atoms with Gasteiger partial charge in [-0.15, -0.1) is 0 Å². The van der Waals surface area contributed by atoms with Crippen molar-refractivity contribution in [3.05, 3.63) is 30.5 Å². The lowest BCUT2D eigenvalue weighted by atomic mass is 10.0. The minimum atomic E-state index is -1.48. The summed E-state index contributed by atoms with van der Waals surface area (Å²) in [5.41, 5.74) is 1.87. The monoisotopic (exact) mass is 343 g/mol. The van der Waals surface area contributed by atoms with E-state index in [4.69, 9.17) is 0 Å². The summed E-state index contributed by atoms with van der Waals surface area (Å²) in [5, 5.41) is 22.7. The number of amides is 4. The number of aliphatic hydroxyl groups is 1. The predicted octanol–water partition coefficient (Wildman–Crippen LogP) is 0.217. The highest BCUT2D eigenvalue weighted by atomic mass is 16.3. The molecule has 3 rings (SSSR count). The van der Waals surface area contributed by atoms with Crippen LogP contribution in [0.3, 0.4) is 0 Å². The number of hydrogen-bond acceptors (Lipinski definition) is 5. The van der Waals surface area contributed by atoms with Crippen LogP contribution in [0.15, 0.2) is 30.5 Å². The van der Waals surface area contributed by atoms with Gasteiger partial charge in [0.05, 0.1) is 20.3 Å². The largest absolute Gasteiger partial charge is 0.502 e. The van der Waals surface area contributed by atoms with E-state index >= 15 is 0 Å². The molecule has 128 valence electrons. The highest BCUT2D eigenvalue weighted by Gasteiger charge is 2.49. The minimum absolute atomic E-state index is 0.431. The number of rotatable bonds is 3. The van der Waals surface area contributed by atoms with E-state index in [0.717, 1.165) is 15.0 Å². The molecule has 0 aliphatic carbocycles. The first-order chi connectivity index (χ1) is 11.9. The Hall–Kier alpha value is -3.56. The molecule has 0 spiro atoms. The zero-order chi connectivity index (χ0) is 18.1. The van der Waals surface area contributed by atoms with E-state index in [0.29, 0.717) is 11.4 Å². The molecule has 10 nitrogen and oxygen atoms in total. The molecule has 0 bridgehead atoms. The molecule has 1 unspecified atom stereocenters. The zero-order valence-electron chi connectivity index (χ0n) is 13.4. The molecule has 1 aliphatic rings. The van der Waals surface area contributed by atoms with Crippen LogP contribution in [0.5, 0.6) is 0 Å². The van der Waals surface area contributed by atoms with Crippen molar-refractivity contribution in [1.82, 2.24) is 20.3 Å². The van der Waals surface area contributed by atoms with Crippen molar-refractivity contribution in [3.63, 3.8) is 0 Å². The predicted molar refractivity (Wildman–Crippen MR) is 85.9 cm³/mol. The summed E-state index contributed by atoms with van der Waals surface area (Å²) in [4.78, 5) is 37.1. The van der Waals surface area contributed by atoms with Crippen LogP contribution >= 0.6 is 0 Å². The van der Waals surface area contributed by atoms with Crippen molar-refractivity contribution in [2.45, 2.75) is 0 Å². The Balaban J connectivity index is 1.80. The molecule has 10 heteroatoms. The summed E-state index contributed by atoms with van der Waals surface area (Å²) >= 11 is 0. The standard InChI is InChI=1S/C15H14N6O4/c1-20-13(23)11(14(24)21(2)15(20)25)12(22)17-9-5-3-8(4-6-9)10-7-16-19-18-10/h3-7,11H,1-2H3,(H2,16,17,18,19,22)/p+1. The van der Waals surface area contributed by atoms with Gasteiger partial charge in [-0.2, -0.15) is 29.7 Å². The van der Waals surface area contributed by atoms with Gasteiger partial charge in [-0.05, 0) is 12.1 Å². The highest BCUT2D eigenvalue weighted by Crippen LogP contribution is 2.20. The van der Waals surface area contributed by atoms with Crippen molar-refractivity contribution >= 4 is 29.4 Å². The Kier molecular flexibility index (Phi) is 4.01. The van der Waals surface area contributed by atoms with Crippen LogP contribution in [-0.4, -0.2) is 67.8 Å². The SMILES string of the molecule is CN1C(=O)C(C(=O)Nc2ccc(-c3cn[nH]n3)cc2)C(O)=[N+](C)C1=O. The topological polar surface area (TPSA) is 131 Å². The summed E-state index contributed by atoms with van der Waals surface area (Å²) in [6, 6.07) is 6.00. The fourth-order valence-electron chi connectivity index (χ4n) is 2.42. The van der Waals surface area contributed by atoms with Crippen molar-refractivity contribution in [1.29, 1.82) is 0 Å². The Morgan fingerprint density at radius 2 is 2.00 bits per heavy atom. The number of nitrogens with one attached hydrogen (secondary N) is 2. The van der Waals surface area contributed by atoms with Crippen LogP contribution < -0.4 is 5.32 Å². The van der Waals surface area contributed by atoms with Crippen molar-refractivity contribution in [2.75, 3.05) is 19.4 Å². The third-order valence-corrected chi connectivity index (χ3v) is 3.88. The second-order valence-electron chi connectivity index (χ2n) is 5.45. The molecule has 0 saturated heterocycles. The van der Waals surface area contributed by atoms with Crippen LogP contribution in [0.1, 0.15) is 0 Å². The Morgan fingerprint density at radius 3 is 2.60 bits per heavy atom. The van der Waals surface area contributed by atoms with E-state index in [1.807, 2.05) is 0 Å². The molecule has 2 aromatic rings. The normalized spacial score (nSPS) is 17.8. The number of aliphatic hydroxyl groups excluding tert-OH is 1. The lowest BCUT2D eigenvalue weighted by Crippen LogP contribution is -2.55. The first-order valence-electron chi connectivity index (χ1n) is 7.28. The van der Waals surface area contributed by atoms with Crippen LogP contribution in [0.2, 0.25) is 0 Å². The average molecular weight is 343 g/mol. The molecule has 3 N–H and O–H groups in total. The van der Waals surface area contributed by atoms with Crippen molar-refractivity contribution < 1.29 is 24.1 Å². The fraction of sp³-hybridized carbons (Fsp3) is 0.200. The number of imide groups is 1. The molecule has 0 saturated carbocycles. The number of nitrogens with zero attached hydrogens (tertiary/aromatic N) is 4. The summed E-state index contributed by atoms with van der Waals surface area (Å²) in [7, 11) is 2.54. The number of aromatic nitrogens is 3. The smallest absolute Gasteiger partial charge is 0.480 e. The number of benzene rings is 1. The number of hydrogen-bond donors (Lipinski definition) is 3. The van der Waals surface area contributed by atoms with E-state index in [1.54, 1.807) is 30.5 Å². The molecular weight excluding hydrogens is 328 g/mol. The number of H-pyrrole nitrogens is 1. The number of urea groups is 1. The van der Waals surface area contributed by atoms with E-state index < -0.39 is 29.7 Å². The molecule has 1 atom stereocenters. The molecule has 0 fully saturated rings. The van der Waals surface area contributed by atoms with Gasteiger partial charge in [0, 0.05) is 11.3 Å². The Bertz CT molecular complexity index is 872. The van der Waals surface area contributed by atoms with E-state index in [2.05, 4.69) is 20.7 Å². The third kappa shape index (κ3) is 2.84. The van der Waals surface area contributed by atoms with E-state index in [1.165, 1.54) is 14.1 Å². The molecule has 0 radical (unpaired) electrons. The highest BCUT2D eigenvalue weighted by molar-refractivity contribution is 6.23. The second-order valence-corrected chi connectivity index (χ2v) is 5.45. The second kappa shape index (κ2) is 6.15. The molecule has 2 heterocycles. The summed E-state index contributed by atoms with van der Waals surface area (Å²) < 4.78 is 0.860. The zero-order valence-corrected chi connectivity index (χ0v) is 13.4. The average Bonchev–Trinajstić information content (AvgIpc) is 3.14. The molecule has 1 aromatic carbocycles. The van der Waals surface area contributed by atoms with Gasteiger partial charge >= 0.3 is 11.9 Å². The molecular formula is C15H15N6O4+. The van der Waals surface area contributed by atoms with E-state index in [9.17, 15) is 19.5 Å². The Morgan fingerprint density at radius 1 is 1.32 bits per heavy atom. The maximum Gasteiger partial charge on any atom is 0.502 e. The van der Waals surface area contributed by atoms with Gasteiger partial charge in [0.15, 0.2) is 0 Å². The van der Waals surface area contributed by atoms with Gasteiger partial charge in [-0.1, -0.05) is 12.1 Å². The number of carbonyl (C=O) groups excluding carboxylic acids is 3. The van der Waals surface area contributed by atoms with Gasteiger partial charge in [0.2, 0.25) is 5.92 Å². The minimum Gasteiger partial charge on any atom is -0.480 e. The van der Waals surface area contributed by atoms with Crippen LogP contribution in [0, 0.1) is 5.92 Å². The fourth-order valence-corrected chi connectivity index (χ4v) is 2.42. The maximum absolute atomic E-state index is 12.4. The number of anilines is 1. The number of aromatic amines is 1. The maximum atomic E-state index is 12.4. The summed E-state index contributed by atoms with van der Waals surface area (Å²) in [6.45, 7) is 0. The third-order valence-electron chi connectivity index (χ3n) is 3.88. The quantitative estimate of drug-likeness (QED) is 0.539. The van der Waals surface area contributed by atoms with Crippen LogP contribution in [-0.2, 0) is 9.59 Å². The molecule has 4 amide bonds.